The highest BCUT2D eigenvalue weighted by Gasteiger charge is 2.55. The number of aliphatic hydroxyl groups excluding tert-OH is 2. The number of likely N-dealkylation sites (tertiary alicyclic amines) is 1. The first-order valence-electron chi connectivity index (χ1n) is 8.67. The van der Waals surface area contributed by atoms with Crippen LogP contribution < -0.4 is 16.4 Å². The van der Waals surface area contributed by atoms with Crippen LogP contribution in [0.4, 0.5) is 0 Å². The zero-order valence-electron chi connectivity index (χ0n) is 14.5. The number of β-lactam (4-membered cyclic amide) rings is 1. The zero-order valence-corrected chi connectivity index (χ0v) is 14.5. The van der Waals surface area contributed by atoms with Gasteiger partial charge >= 0.3 is 0 Å². The molecule has 2 rings (SSSR count). The zero-order chi connectivity index (χ0) is 17.9. The Morgan fingerprint density at radius 3 is 2.50 bits per heavy atom. The Morgan fingerprint density at radius 2 is 2.04 bits per heavy atom. The minimum Gasteiger partial charge on any atom is -0.394 e. The van der Waals surface area contributed by atoms with Crippen molar-refractivity contribution in [1.29, 1.82) is 0 Å². The summed E-state index contributed by atoms with van der Waals surface area (Å²) >= 11 is 0. The average Bonchev–Trinajstić information content (AvgIpc) is 2.55. The van der Waals surface area contributed by atoms with Gasteiger partial charge in [-0.25, -0.2) is 0 Å². The lowest BCUT2D eigenvalue weighted by molar-refractivity contribution is -0.172. The highest BCUT2D eigenvalue weighted by molar-refractivity contribution is 5.94. The van der Waals surface area contributed by atoms with Crippen molar-refractivity contribution in [3.8, 4) is 0 Å². The molecule has 2 aliphatic rings. The molecule has 8 heteroatoms. The van der Waals surface area contributed by atoms with E-state index < -0.39 is 24.8 Å². The fourth-order valence-electron chi connectivity index (χ4n) is 3.56. The predicted molar refractivity (Wildman–Crippen MR) is 88.5 cm³/mol. The van der Waals surface area contributed by atoms with Crippen LogP contribution in [0.1, 0.15) is 39.5 Å². The van der Waals surface area contributed by atoms with Crippen molar-refractivity contribution >= 4 is 11.8 Å². The molecular formula is C16H30N4O4. The summed E-state index contributed by atoms with van der Waals surface area (Å²) in [6, 6.07) is -0.588. The van der Waals surface area contributed by atoms with Crippen LogP contribution in [-0.4, -0.2) is 65.1 Å². The van der Waals surface area contributed by atoms with E-state index in [1.165, 1.54) is 4.90 Å². The largest absolute Gasteiger partial charge is 0.394 e. The molecule has 6 N–H and O–H groups in total. The van der Waals surface area contributed by atoms with Crippen molar-refractivity contribution in [3.63, 3.8) is 0 Å². The molecule has 24 heavy (non-hydrogen) atoms. The molecule has 1 aliphatic heterocycles. The Bertz CT molecular complexity index is 463. The van der Waals surface area contributed by atoms with E-state index >= 15 is 0 Å². The molecule has 2 amide bonds. The molecule has 2 atom stereocenters. The number of amides is 2. The van der Waals surface area contributed by atoms with Crippen LogP contribution >= 0.6 is 0 Å². The van der Waals surface area contributed by atoms with Gasteiger partial charge in [0.05, 0.1) is 12.0 Å². The van der Waals surface area contributed by atoms with E-state index in [1.807, 2.05) is 13.8 Å². The first kappa shape index (κ1) is 19.1. The topological polar surface area (TPSA) is 128 Å². The lowest BCUT2D eigenvalue weighted by atomic mass is 9.66. The maximum absolute atomic E-state index is 12.5. The van der Waals surface area contributed by atoms with Crippen LogP contribution in [0.25, 0.3) is 0 Å². The van der Waals surface area contributed by atoms with Gasteiger partial charge in [0, 0.05) is 19.3 Å². The van der Waals surface area contributed by atoms with E-state index in [-0.39, 0.29) is 17.2 Å². The normalized spacial score (nSPS) is 29.6. The number of nitrogens with two attached hydrogens (primary N) is 1. The van der Waals surface area contributed by atoms with Crippen LogP contribution in [0.2, 0.25) is 0 Å². The lowest BCUT2D eigenvalue weighted by Gasteiger charge is -2.53. The molecule has 2 fully saturated rings. The second-order valence-corrected chi connectivity index (χ2v) is 7.36. The van der Waals surface area contributed by atoms with Gasteiger partial charge in [-0.2, -0.15) is 0 Å². The quantitative estimate of drug-likeness (QED) is 0.276. The molecule has 1 saturated carbocycles. The Balaban J connectivity index is 1.75. The molecular weight excluding hydrogens is 312 g/mol. The first-order valence-corrected chi connectivity index (χ1v) is 8.67. The summed E-state index contributed by atoms with van der Waals surface area (Å²) in [5.41, 5.74) is 4.85. The third-order valence-electron chi connectivity index (χ3n) is 5.34. The molecule has 1 aliphatic carbocycles. The van der Waals surface area contributed by atoms with E-state index in [0.29, 0.717) is 19.3 Å². The predicted octanol–water partition coefficient (Wildman–Crippen LogP) is -1.29. The number of nitrogens with zero attached hydrogens (tertiary/aromatic N) is 1. The molecule has 0 aromatic heterocycles. The molecule has 1 saturated heterocycles. The Hall–Kier alpha value is -1.22. The fraction of sp³-hybridized carbons (Fsp3) is 0.875. The summed E-state index contributed by atoms with van der Waals surface area (Å²) in [6.45, 7) is 4.50. The van der Waals surface area contributed by atoms with Crippen LogP contribution in [-0.2, 0) is 9.59 Å². The van der Waals surface area contributed by atoms with E-state index in [9.17, 15) is 19.8 Å². The second-order valence-electron chi connectivity index (χ2n) is 7.36. The Kier molecular flexibility index (Phi) is 6.19. The average molecular weight is 342 g/mol. The van der Waals surface area contributed by atoms with E-state index in [4.69, 9.17) is 5.73 Å². The van der Waals surface area contributed by atoms with E-state index in [0.717, 1.165) is 25.7 Å². The first-order chi connectivity index (χ1) is 11.3. The summed E-state index contributed by atoms with van der Waals surface area (Å²) in [7, 11) is 0. The van der Waals surface area contributed by atoms with Gasteiger partial charge in [-0.3, -0.25) is 14.9 Å². The van der Waals surface area contributed by atoms with Crippen LogP contribution in [0.15, 0.2) is 0 Å². The minimum atomic E-state index is -0.902. The number of rotatable bonds is 8. The summed E-state index contributed by atoms with van der Waals surface area (Å²) < 4.78 is 0. The maximum Gasteiger partial charge on any atom is 0.242 e. The maximum atomic E-state index is 12.5. The monoisotopic (exact) mass is 342 g/mol. The summed E-state index contributed by atoms with van der Waals surface area (Å²) in [5, 5.41) is 25.3. The van der Waals surface area contributed by atoms with Crippen molar-refractivity contribution in [2.45, 2.75) is 57.8 Å². The Morgan fingerprint density at radius 1 is 1.42 bits per heavy atom. The lowest BCUT2D eigenvalue weighted by Crippen LogP contribution is -2.68. The highest BCUT2D eigenvalue weighted by Crippen LogP contribution is 2.45. The minimum absolute atomic E-state index is 0.0628. The number of hydrogen-bond acceptors (Lipinski definition) is 6. The van der Waals surface area contributed by atoms with Crippen molar-refractivity contribution in [1.82, 2.24) is 15.5 Å². The van der Waals surface area contributed by atoms with Crippen molar-refractivity contribution in [2.75, 3.05) is 19.8 Å². The summed E-state index contributed by atoms with van der Waals surface area (Å²) in [4.78, 5) is 25.2. The van der Waals surface area contributed by atoms with Gasteiger partial charge in [0.15, 0.2) is 0 Å². The van der Waals surface area contributed by atoms with Gasteiger partial charge in [0.2, 0.25) is 11.8 Å². The van der Waals surface area contributed by atoms with Gasteiger partial charge in [-0.1, -0.05) is 13.8 Å². The number of hydrogen-bond donors (Lipinski definition) is 5. The molecule has 0 radical (unpaired) electrons. The summed E-state index contributed by atoms with van der Waals surface area (Å²) in [5.74, 6) is -0.567. The van der Waals surface area contributed by atoms with Gasteiger partial charge in [-0.15, -0.1) is 0 Å². The van der Waals surface area contributed by atoms with Gasteiger partial charge in [0.1, 0.15) is 12.3 Å². The van der Waals surface area contributed by atoms with Crippen molar-refractivity contribution < 1.29 is 19.8 Å². The SMILES string of the molecule is CC(C)C(O)NCNC1CCC2(CC1)CN([C@@H](CO)C(N)=O)C2=O. The fourth-order valence-corrected chi connectivity index (χ4v) is 3.56. The molecule has 1 heterocycles. The van der Waals surface area contributed by atoms with Crippen LogP contribution in [0, 0.1) is 11.3 Å². The third kappa shape index (κ3) is 3.88. The van der Waals surface area contributed by atoms with E-state index in [1.54, 1.807) is 0 Å². The third-order valence-corrected chi connectivity index (χ3v) is 5.34. The smallest absolute Gasteiger partial charge is 0.242 e. The molecule has 138 valence electrons. The molecule has 0 bridgehead atoms. The van der Waals surface area contributed by atoms with Gasteiger partial charge < -0.3 is 26.2 Å². The Labute approximate surface area is 142 Å². The van der Waals surface area contributed by atoms with Gasteiger partial charge in [-0.05, 0) is 31.6 Å². The molecule has 0 aromatic carbocycles. The van der Waals surface area contributed by atoms with E-state index in [2.05, 4.69) is 10.6 Å². The number of nitrogens with one attached hydrogen (secondary N) is 2. The second kappa shape index (κ2) is 7.77. The van der Waals surface area contributed by atoms with Crippen LogP contribution in [0.3, 0.4) is 0 Å². The van der Waals surface area contributed by atoms with Crippen LogP contribution in [0.5, 0.6) is 0 Å². The molecule has 0 aromatic rings. The highest BCUT2D eigenvalue weighted by atomic mass is 16.3. The molecule has 1 spiro atoms. The standard InChI is InChI=1S/C16H30N4O4/c1-10(2)14(23)19-9-18-11-3-5-16(6-4-11)8-20(15(16)24)12(7-21)13(17)22/h10-12,14,18-19,21,23H,3-9H2,1-2H3,(H2,17,22)/t11?,12-,14?,16?/m0/s1. The molecule has 1 unspecified atom stereocenters. The number of aliphatic hydroxyl groups is 2. The van der Waals surface area contributed by atoms with Crippen molar-refractivity contribution in [2.24, 2.45) is 17.1 Å². The summed E-state index contributed by atoms with van der Waals surface area (Å²) in [6.07, 6.45) is 2.75. The van der Waals surface area contributed by atoms with Gasteiger partial charge in [0.25, 0.3) is 0 Å². The number of primary amides is 1. The van der Waals surface area contributed by atoms with Crippen molar-refractivity contribution in [3.05, 3.63) is 0 Å². The number of carbonyl (C=O) groups is 2. The number of carbonyl (C=O) groups excluding carboxylic acids is 2. The molecule has 8 nitrogen and oxygen atoms in total.